The van der Waals surface area contributed by atoms with E-state index < -0.39 is 11.9 Å². The molecule has 0 saturated heterocycles. The first-order valence-electron chi connectivity index (χ1n) is 4.00. The molecule has 0 aliphatic heterocycles. The molecule has 1 radical (unpaired) electrons. The number of halogens is 3. The number of fused-ring (bicyclic) bond motifs is 1. The maximum Gasteiger partial charge on any atom is 0.431 e. The molecule has 0 unspecified atom stereocenters. The van der Waals surface area contributed by atoms with Crippen LogP contribution in [0.25, 0.3) is 10.9 Å². The van der Waals surface area contributed by atoms with Crippen LogP contribution in [0.2, 0.25) is 0 Å². The fraction of sp³-hybridized carbons (Fsp3) is 0.100. The number of hydrogen-bond acceptors (Lipinski definition) is 0. The summed E-state index contributed by atoms with van der Waals surface area (Å²) in [4.78, 5) is 2.32. The van der Waals surface area contributed by atoms with Crippen LogP contribution in [0.5, 0.6) is 0 Å². The van der Waals surface area contributed by atoms with E-state index in [0.717, 1.165) is 0 Å². The molecule has 1 N–H and O–H groups in total. The highest BCUT2D eigenvalue weighted by Gasteiger charge is 2.34. The minimum atomic E-state index is -4.36. The number of para-hydroxylation sites is 1. The lowest BCUT2D eigenvalue weighted by Crippen LogP contribution is -2.06. The predicted octanol–water partition coefficient (Wildman–Crippen LogP) is 3.37. The Bertz CT molecular complexity index is 468. The van der Waals surface area contributed by atoms with E-state index in [0.29, 0.717) is 10.9 Å². The van der Waals surface area contributed by atoms with Crippen molar-refractivity contribution in [3.63, 3.8) is 0 Å². The molecule has 2 aromatic rings. The number of aromatic nitrogens is 1. The molecular formula is C10H7F3N. The van der Waals surface area contributed by atoms with E-state index in [-0.39, 0.29) is 5.56 Å². The van der Waals surface area contributed by atoms with Gasteiger partial charge in [0.1, 0.15) is 5.69 Å². The summed E-state index contributed by atoms with van der Waals surface area (Å²) < 4.78 is 37.2. The number of benzene rings is 1. The van der Waals surface area contributed by atoms with Crippen LogP contribution < -0.4 is 0 Å². The summed E-state index contributed by atoms with van der Waals surface area (Å²) in [5.41, 5.74) is -0.295. The molecule has 0 aliphatic rings. The lowest BCUT2D eigenvalue weighted by atomic mass is 10.1. The van der Waals surface area contributed by atoms with Gasteiger partial charge in [0.25, 0.3) is 0 Å². The maximum atomic E-state index is 12.4. The standard InChI is InChI=1S/C10H7F3N/c1-6-7-4-2-3-5-8(7)14-9(6)10(11,12)13/h2-5,14H,1H2. The second kappa shape index (κ2) is 2.77. The summed E-state index contributed by atoms with van der Waals surface area (Å²) in [6.45, 7) is 3.42. The van der Waals surface area contributed by atoms with E-state index in [9.17, 15) is 13.2 Å². The largest absolute Gasteiger partial charge is 0.431 e. The molecule has 73 valence electrons. The Morgan fingerprint density at radius 1 is 1.14 bits per heavy atom. The molecule has 4 heteroatoms. The third kappa shape index (κ3) is 1.27. The van der Waals surface area contributed by atoms with Crippen molar-refractivity contribution in [2.45, 2.75) is 6.18 Å². The molecule has 0 saturated carbocycles. The molecule has 0 fully saturated rings. The van der Waals surface area contributed by atoms with Gasteiger partial charge in [0, 0.05) is 10.9 Å². The van der Waals surface area contributed by atoms with Crippen molar-refractivity contribution in [2.75, 3.05) is 0 Å². The normalized spacial score (nSPS) is 12.3. The zero-order valence-electron chi connectivity index (χ0n) is 7.15. The van der Waals surface area contributed by atoms with E-state index in [2.05, 4.69) is 11.9 Å². The van der Waals surface area contributed by atoms with Crippen molar-refractivity contribution < 1.29 is 13.2 Å². The summed E-state index contributed by atoms with van der Waals surface area (Å²) in [7, 11) is 0. The van der Waals surface area contributed by atoms with Crippen LogP contribution in [0, 0.1) is 6.92 Å². The number of hydrogen-bond donors (Lipinski definition) is 1. The molecule has 0 amide bonds. The van der Waals surface area contributed by atoms with Crippen LogP contribution in [0.3, 0.4) is 0 Å². The highest BCUT2D eigenvalue weighted by Crippen LogP contribution is 2.34. The SMILES string of the molecule is [CH2]c1c(C(F)(F)F)[nH]c2ccccc12. The Morgan fingerprint density at radius 2 is 1.79 bits per heavy atom. The number of alkyl halides is 3. The minimum Gasteiger partial charge on any atom is -0.351 e. The number of H-pyrrole nitrogens is 1. The quantitative estimate of drug-likeness (QED) is 0.668. The van der Waals surface area contributed by atoms with E-state index in [4.69, 9.17) is 0 Å². The highest BCUT2D eigenvalue weighted by molar-refractivity contribution is 5.85. The van der Waals surface area contributed by atoms with Crippen LogP contribution >= 0.6 is 0 Å². The molecule has 14 heavy (non-hydrogen) atoms. The van der Waals surface area contributed by atoms with Crippen molar-refractivity contribution >= 4 is 10.9 Å². The molecule has 0 aliphatic carbocycles. The molecule has 1 nitrogen and oxygen atoms in total. The van der Waals surface area contributed by atoms with Crippen molar-refractivity contribution in [1.82, 2.24) is 4.98 Å². The molecule has 2 rings (SSSR count). The molecule has 0 atom stereocenters. The zero-order valence-corrected chi connectivity index (χ0v) is 7.15. The van der Waals surface area contributed by atoms with Crippen molar-refractivity contribution in [2.24, 2.45) is 0 Å². The van der Waals surface area contributed by atoms with Crippen molar-refractivity contribution in [3.05, 3.63) is 42.4 Å². The third-order valence-corrected chi connectivity index (χ3v) is 2.10. The van der Waals surface area contributed by atoms with Gasteiger partial charge in [-0.15, -0.1) is 0 Å². The lowest BCUT2D eigenvalue weighted by Gasteiger charge is -2.03. The fourth-order valence-electron chi connectivity index (χ4n) is 1.44. The molecule has 1 aromatic heterocycles. The molecule has 1 heterocycles. The van der Waals surface area contributed by atoms with E-state index in [1.807, 2.05) is 0 Å². The Labute approximate surface area is 78.5 Å². The minimum absolute atomic E-state index is 0.00750. The Morgan fingerprint density at radius 3 is 2.36 bits per heavy atom. The van der Waals surface area contributed by atoms with Crippen LogP contribution in [0.1, 0.15) is 11.3 Å². The van der Waals surface area contributed by atoms with Crippen LogP contribution in [-0.2, 0) is 6.18 Å². The van der Waals surface area contributed by atoms with Gasteiger partial charge in [0.2, 0.25) is 0 Å². The number of aromatic amines is 1. The topological polar surface area (TPSA) is 15.8 Å². The molecule has 0 bridgehead atoms. The van der Waals surface area contributed by atoms with Crippen LogP contribution in [-0.4, -0.2) is 4.98 Å². The summed E-state index contributed by atoms with van der Waals surface area (Å²) in [6.07, 6.45) is -4.36. The van der Waals surface area contributed by atoms with Gasteiger partial charge in [0.05, 0.1) is 0 Å². The van der Waals surface area contributed by atoms with Crippen LogP contribution in [0.4, 0.5) is 13.2 Å². The Kier molecular flexibility index (Phi) is 1.80. The van der Waals surface area contributed by atoms with Gasteiger partial charge in [-0.1, -0.05) is 18.2 Å². The van der Waals surface area contributed by atoms with Crippen molar-refractivity contribution in [3.8, 4) is 0 Å². The van der Waals surface area contributed by atoms with E-state index in [1.165, 1.54) is 0 Å². The summed E-state index contributed by atoms with van der Waals surface area (Å²) >= 11 is 0. The third-order valence-electron chi connectivity index (χ3n) is 2.10. The first-order chi connectivity index (χ1) is 6.50. The summed E-state index contributed by atoms with van der Waals surface area (Å²) in [5, 5.41) is 0.514. The Hall–Kier alpha value is -1.45. The van der Waals surface area contributed by atoms with E-state index in [1.54, 1.807) is 24.3 Å². The first-order valence-corrected chi connectivity index (χ1v) is 4.00. The van der Waals surface area contributed by atoms with Gasteiger partial charge < -0.3 is 4.98 Å². The van der Waals surface area contributed by atoms with E-state index >= 15 is 0 Å². The average Bonchev–Trinajstić information content (AvgIpc) is 2.44. The number of rotatable bonds is 0. The fourth-order valence-corrected chi connectivity index (χ4v) is 1.44. The van der Waals surface area contributed by atoms with Gasteiger partial charge in [0.15, 0.2) is 0 Å². The number of nitrogens with one attached hydrogen (secondary N) is 1. The lowest BCUT2D eigenvalue weighted by molar-refractivity contribution is -0.140. The van der Waals surface area contributed by atoms with Gasteiger partial charge in [-0.3, -0.25) is 0 Å². The van der Waals surface area contributed by atoms with Gasteiger partial charge in [-0.05, 0) is 18.6 Å². The summed E-state index contributed by atoms with van der Waals surface area (Å²) in [6, 6.07) is 6.58. The zero-order chi connectivity index (χ0) is 10.3. The van der Waals surface area contributed by atoms with Gasteiger partial charge in [-0.2, -0.15) is 13.2 Å². The predicted molar refractivity (Wildman–Crippen MR) is 47.8 cm³/mol. The molecule has 0 spiro atoms. The van der Waals surface area contributed by atoms with Gasteiger partial charge in [-0.25, -0.2) is 0 Å². The highest BCUT2D eigenvalue weighted by atomic mass is 19.4. The van der Waals surface area contributed by atoms with Crippen LogP contribution in [0.15, 0.2) is 24.3 Å². The second-order valence-electron chi connectivity index (χ2n) is 3.02. The summed E-state index contributed by atoms with van der Waals surface area (Å²) in [5.74, 6) is 0. The molecule has 1 aromatic carbocycles. The average molecular weight is 198 g/mol. The Balaban J connectivity index is 2.75. The smallest absolute Gasteiger partial charge is 0.351 e. The second-order valence-corrected chi connectivity index (χ2v) is 3.02. The maximum absolute atomic E-state index is 12.4. The molecular weight excluding hydrogens is 191 g/mol. The van der Waals surface area contributed by atoms with Crippen molar-refractivity contribution in [1.29, 1.82) is 0 Å². The van der Waals surface area contributed by atoms with Gasteiger partial charge >= 0.3 is 6.18 Å². The first kappa shape index (κ1) is 9.12. The monoisotopic (exact) mass is 198 g/mol.